The molecule has 24 heavy (non-hydrogen) atoms. The SMILES string of the molecule is CCCCCOc1ccn(Cc2cc3c(cc2Cl)NCO3)c(=O)c1. The van der Waals surface area contributed by atoms with Gasteiger partial charge in [0, 0.05) is 17.3 Å². The van der Waals surface area contributed by atoms with Crippen molar-refractivity contribution in [2.75, 3.05) is 18.7 Å². The van der Waals surface area contributed by atoms with Crippen LogP contribution in [-0.2, 0) is 6.54 Å². The number of fused-ring (bicyclic) bond motifs is 1. The first-order valence-corrected chi connectivity index (χ1v) is 8.57. The van der Waals surface area contributed by atoms with Crippen LogP contribution < -0.4 is 20.3 Å². The molecule has 2 heterocycles. The van der Waals surface area contributed by atoms with Crippen LogP contribution in [0.25, 0.3) is 0 Å². The Morgan fingerprint density at radius 1 is 1.33 bits per heavy atom. The highest BCUT2D eigenvalue weighted by Gasteiger charge is 2.15. The van der Waals surface area contributed by atoms with Gasteiger partial charge in [0.25, 0.3) is 5.56 Å². The minimum Gasteiger partial charge on any atom is -0.493 e. The summed E-state index contributed by atoms with van der Waals surface area (Å²) in [5, 5.41) is 3.70. The van der Waals surface area contributed by atoms with Gasteiger partial charge < -0.3 is 19.4 Å². The van der Waals surface area contributed by atoms with Gasteiger partial charge >= 0.3 is 0 Å². The molecule has 6 heteroatoms. The second-order valence-corrected chi connectivity index (χ2v) is 6.20. The first-order chi connectivity index (χ1) is 11.7. The van der Waals surface area contributed by atoms with Gasteiger partial charge in [0.05, 0.1) is 18.8 Å². The number of nitrogens with one attached hydrogen (secondary N) is 1. The Labute approximate surface area is 146 Å². The highest BCUT2D eigenvalue weighted by atomic mass is 35.5. The Morgan fingerprint density at radius 3 is 3.00 bits per heavy atom. The van der Waals surface area contributed by atoms with Crippen LogP contribution in [0.3, 0.4) is 0 Å². The van der Waals surface area contributed by atoms with Gasteiger partial charge in [0.15, 0.2) is 6.73 Å². The molecule has 0 saturated carbocycles. The molecule has 1 aromatic heterocycles. The van der Waals surface area contributed by atoms with E-state index in [9.17, 15) is 4.79 Å². The highest BCUT2D eigenvalue weighted by Crippen LogP contribution is 2.34. The molecule has 2 aromatic rings. The molecule has 1 aliphatic heterocycles. The molecule has 1 aliphatic rings. The monoisotopic (exact) mass is 348 g/mol. The standard InChI is InChI=1S/C18H21ClN2O3/c1-2-3-4-7-23-14-5-6-21(18(22)9-14)11-13-8-17-16(10-15(13)19)20-12-24-17/h5-6,8-10,20H,2-4,7,11-12H2,1H3. The molecule has 1 N–H and O–H groups in total. The van der Waals surface area contributed by atoms with Crippen molar-refractivity contribution in [1.29, 1.82) is 0 Å². The van der Waals surface area contributed by atoms with E-state index in [0.29, 0.717) is 30.7 Å². The Bertz CT molecular complexity index is 773. The zero-order valence-corrected chi connectivity index (χ0v) is 14.4. The fourth-order valence-electron chi connectivity index (χ4n) is 2.60. The fourth-order valence-corrected chi connectivity index (χ4v) is 2.82. The van der Waals surface area contributed by atoms with E-state index in [-0.39, 0.29) is 5.56 Å². The first-order valence-electron chi connectivity index (χ1n) is 8.20. The van der Waals surface area contributed by atoms with Crippen LogP contribution in [0.2, 0.25) is 5.02 Å². The molecule has 1 aromatic carbocycles. The normalized spacial score (nSPS) is 12.4. The maximum Gasteiger partial charge on any atom is 0.254 e. The van der Waals surface area contributed by atoms with Crippen molar-refractivity contribution in [2.24, 2.45) is 0 Å². The summed E-state index contributed by atoms with van der Waals surface area (Å²) in [6.07, 6.45) is 5.01. The summed E-state index contributed by atoms with van der Waals surface area (Å²) in [5.74, 6) is 1.37. The molecule has 0 unspecified atom stereocenters. The lowest BCUT2D eigenvalue weighted by molar-refractivity contribution is 0.305. The number of rotatable bonds is 7. The molecule has 0 atom stereocenters. The Kier molecular flexibility index (Phi) is 5.30. The minimum absolute atomic E-state index is 0.112. The molecule has 0 aliphatic carbocycles. The molecule has 0 saturated heterocycles. The van der Waals surface area contributed by atoms with Crippen molar-refractivity contribution < 1.29 is 9.47 Å². The molecule has 5 nitrogen and oxygen atoms in total. The summed E-state index contributed by atoms with van der Waals surface area (Å²) in [6, 6.07) is 7.03. The molecule has 128 valence electrons. The van der Waals surface area contributed by atoms with Gasteiger partial charge in [-0.25, -0.2) is 0 Å². The third-order valence-corrected chi connectivity index (χ3v) is 4.32. The molecular weight excluding hydrogens is 328 g/mol. The van der Waals surface area contributed by atoms with Crippen molar-refractivity contribution >= 4 is 17.3 Å². The number of nitrogens with zero attached hydrogens (tertiary/aromatic N) is 1. The lowest BCUT2D eigenvalue weighted by atomic mass is 10.2. The van der Waals surface area contributed by atoms with E-state index >= 15 is 0 Å². The van der Waals surface area contributed by atoms with Gasteiger partial charge in [-0.15, -0.1) is 0 Å². The maximum absolute atomic E-state index is 12.3. The van der Waals surface area contributed by atoms with Crippen molar-refractivity contribution in [3.8, 4) is 11.5 Å². The summed E-state index contributed by atoms with van der Waals surface area (Å²) in [5.41, 5.74) is 1.61. The van der Waals surface area contributed by atoms with Crippen molar-refractivity contribution in [3.63, 3.8) is 0 Å². The van der Waals surface area contributed by atoms with E-state index in [4.69, 9.17) is 21.1 Å². The average molecular weight is 349 g/mol. The first kappa shape index (κ1) is 16.7. The van der Waals surface area contributed by atoms with E-state index < -0.39 is 0 Å². The molecule has 0 fully saturated rings. The van der Waals surface area contributed by atoms with Gasteiger partial charge in [-0.2, -0.15) is 0 Å². The predicted molar refractivity (Wildman–Crippen MR) is 95.4 cm³/mol. The Morgan fingerprint density at radius 2 is 2.21 bits per heavy atom. The number of anilines is 1. The topological polar surface area (TPSA) is 52.5 Å². The zero-order chi connectivity index (χ0) is 16.9. The van der Waals surface area contributed by atoms with Crippen LogP contribution in [0.4, 0.5) is 5.69 Å². The molecule has 3 rings (SSSR count). The van der Waals surface area contributed by atoms with E-state index in [1.165, 1.54) is 6.07 Å². The second-order valence-electron chi connectivity index (χ2n) is 5.79. The van der Waals surface area contributed by atoms with Gasteiger partial charge in [-0.3, -0.25) is 4.79 Å². The molecule has 0 bridgehead atoms. The lowest BCUT2D eigenvalue weighted by Gasteiger charge is -2.11. The summed E-state index contributed by atoms with van der Waals surface area (Å²) in [7, 11) is 0. The van der Waals surface area contributed by atoms with Crippen LogP contribution in [0, 0.1) is 0 Å². The molecule has 0 radical (unpaired) electrons. The van der Waals surface area contributed by atoms with Crippen LogP contribution in [0.5, 0.6) is 11.5 Å². The number of unbranched alkanes of at least 4 members (excludes halogenated alkanes) is 2. The van der Waals surface area contributed by atoms with Crippen LogP contribution in [-0.4, -0.2) is 17.9 Å². The largest absolute Gasteiger partial charge is 0.493 e. The number of halogens is 1. The number of aromatic nitrogens is 1. The van der Waals surface area contributed by atoms with Crippen LogP contribution in [0.1, 0.15) is 31.7 Å². The summed E-state index contributed by atoms with van der Waals surface area (Å²) < 4.78 is 12.7. The number of pyridine rings is 1. The summed E-state index contributed by atoms with van der Waals surface area (Å²) >= 11 is 6.30. The van der Waals surface area contributed by atoms with Crippen molar-refractivity contribution in [2.45, 2.75) is 32.7 Å². The van der Waals surface area contributed by atoms with Crippen LogP contribution >= 0.6 is 11.6 Å². The van der Waals surface area contributed by atoms with Gasteiger partial charge in [0.2, 0.25) is 0 Å². The third kappa shape index (κ3) is 3.85. The number of hydrogen-bond acceptors (Lipinski definition) is 4. The van der Waals surface area contributed by atoms with Gasteiger partial charge in [0.1, 0.15) is 11.5 Å². The lowest BCUT2D eigenvalue weighted by Crippen LogP contribution is -2.19. The predicted octanol–water partition coefficient (Wildman–Crippen LogP) is 3.88. The number of ether oxygens (including phenoxy) is 2. The quantitative estimate of drug-likeness (QED) is 0.771. The van der Waals surface area contributed by atoms with E-state index in [1.807, 2.05) is 18.2 Å². The summed E-state index contributed by atoms with van der Waals surface area (Å²) in [4.78, 5) is 12.3. The second kappa shape index (κ2) is 7.62. The molecular formula is C18H21ClN2O3. The van der Waals surface area contributed by atoms with Gasteiger partial charge in [-0.1, -0.05) is 31.4 Å². The average Bonchev–Trinajstić information content (AvgIpc) is 3.01. The van der Waals surface area contributed by atoms with Gasteiger partial charge in [-0.05, 0) is 30.2 Å². The van der Waals surface area contributed by atoms with E-state index in [0.717, 1.165) is 36.3 Å². The van der Waals surface area contributed by atoms with Crippen molar-refractivity contribution in [3.05, 3.63) is 51.4 Å². The highest BCUT2D eigenvalue weighted by molar-refractivity contribution is 6.31. The third-order valence-electron chi connectivity index (χ3n) is 3.96. The Balaban J connectivity index is 1.71. The summed E-state index contributed by atoms with van der Waals surface area (Å²) in [6.45, 7) is 3.62. The van der Waals surface area contributed by atoms with Crippen molar-refractivity contribution in [1.82, 2.24) is 4.57 Å². The maximum atomic E-state index is 12.3. The molecule has 0 amide bonds. The van der Waals surface area contributed by atoms with E-state index in [1.54, 1.807) is 10.8 Å². The zero-order valence-electron chi connectivity index (χ0n) is 13.7. The van der Waals surface area contributed by atoms with Crippen LogP contribution in [0.15, 0.2) is 35.3 Å². The Hall–Kier alpha value is -2.14. The van der Waals surface area contributed by atoms with E-state index in [2.05, 4.69) is 12.2 Å². The number of hydrogen-bond donors (Lipinski definition) is 1. The minimum atomic E-state index is -0.112. The number of benzene rings is 1. The molecule has 0 spiro atoms. The fraction of sp³-hybridized carbons (Fsp3) is 0.389. The smallest absolute Gasteiger partial charge is 0.254 e.